The average Bonchev–Trinajstić information content (AvgIpc) is 2.75. The Hall–Kier alpha value is -1.89. The van der Waals surface area contributed by atoms with Crippen LogP contribution >= 0.6 is 0 Å². The molecule has 0 aromatic heterocycles. The van der Waals surface area contributed by atoms with E-state index in [1.807, 2.05) is 32.2 Å². The summed E-state index contributed by atoms with van der Waals surface area (Å²) < 4.78 is 10.6. The van der Waals surface area contributed by atoms with Crippen molar-refractivity contribution in [3.63, 3.8) is 0 Å². The van der Waals surface area contributed by atoms with Crippen LogP contribution in [0.4, 0.5) is 5.69 Å². The van der Waals surface area contributed by atoms with Gasteiger partial charge in [-0.3, -0.25) is 0 Å². The third-order valence-electron chi connectivity index (χ3n) is 2.81. The minimum absolute atomic E-state index is 0.186. The van der Waals surface area contributed by atoms with Gasteiger partial charge < -0.3 is 14.4 Å². The zero-order chi connectivity index (χ0) is 11.5. The fourth-order valence-electron chi connectivity index (χ4n) is 1.63. The lowest BCUT2D eigenvalue weighted by Crippen LogP contribution is -2.28. The molecule has 0 saturated heterocycles. The molecule has 0 fully saturated rings. The minimum atomic E-state index is 0.186. The van der Waals surface area contributed by atoms with Crippen molar-refractivity contribution < 1.29 is 9.47 Å². The lowest BCUT2D eigenvalue weighted by Gasteiger charge is -2.25. The Kier molecular flexibility index (Phi) is 2.86. The summed E-state index contributed by atoms with van der Waals surface area (Å²) in [7, 11) is 1.97. The molecule has 84 valence electrons. The van der Waals surface area contributed by atoms with Crippen LogP contribution in [0.3, 0.4) is 0 Å². The van der Waals surface area contributed by atoms with Gasteiger partial charge in [0.15, 0.2) is 11.5 Å². The van der Waals surface area contributed by atoms with E-state index in [-0.39, 0.29) is 12.8 Å². The Morgan fingerprint density at radius 1 is 1.44 bits per heavy atom. The van der Waals surface area contributed by atoms with E-state index in [9.17, 15) is 0 Å². The summed E-state index contributed by atoms with van der Waals surface area (Å²) >= 11 is 0. The number of nitriles is 1. The van der Waals surface area contributed by atoms with Crippen molar-refractivity contribution >= 4 is 5.69 Å². The third-order valence-corrected chi connectivity index (χ3v) is 2.81. The van der Waals surface area contributed by atoms with Crippen molar-refractivity contribution in [1.29, 1.82) is 5.26 Å². The molecule has 16 heavy (non-hydrogen) atoms. The lowest BCUT2D eigenvalue weighted by atomic mass is 10.2. The summed E-state index contributed by atoms with van der Waals surface area (Å²) in [5.41, 5.74) is 1.03. The first-order chi connectivity index (χ1) is 7.72. The number of hydrogen-bond acceptors (Lipinski definition) is 4. The number of anilines is 1. The second kappa shape index (κ2) is 4.31. The zero-order valence-corrected chi connectivity index (χ0v) is 9.43. The van der Waals surface area contributed by atoms with Crippen molar-refractivity contribution in [1.82, 2.24) is 0 Å². The molecule has 0 radical (unpaired) electrons. The molecule has 0 saturated carbocycles. The standard InChI is InChI=1S/C12H14N2O2/c1-9(5-6-13)14(2)10-3-4-11-12(7-10)16-8-15-11/h3-4,7,9H,5,8H2,1-2H3. The maximum absolute atomic E-state index is 8.67. The summed E-state index contributed by atoms with van der Waals surface area (Å²) in [5.74, 6) is 1.55. The van der Waals surface area contributed by atoms with E-state index in [4.69, 9.17) is 14.7 Å². The summed E-state index contributed by atoms with van der Waals surface area (Å²) in [6.45, 7) is 2.31. The molecule has 0 bridgehead atoms. The summed E-state index contributed by atoms with van der Waals surface area (Å²) in [6, 6.07) is 8.17. The van der Waals surface area contributed by atoms with Crippen LogP contribution in [-0.2, 0) is 0 Å². The maximum atomic E-state index is 8.67. The topological polar surface area (TPSA) is 45.5 Å². The highest BCUT2D eigenvalue weighted by Crippen LogP contribution is 2.35. The minimum Gasteiger partial charge on any atom is -0.454 e. The van der Waals surface area contributed by atoms with Gasteiger partial charge in [0.05, 0.1) is 12.5 Å². The number of hydrogen-bond donors (Lipinski definition) is 0. The van der Waals surface area contributed by atoms with Crippen molar-refractivity contribution in [3.05, 3.63) is 18.2 Å². The van der Waals surface area contributed by atoms with Gasteiger partial charge in [-0.05, 0) is 19.1 Å². The highest BCUT2D eigenvalue weighted by Gasteiger charge is 2.16. The molecular weight excluding hydrogens is 204 g/mol. The molecule has 0 aliphatic carbocycles. The summed E-state index contributed by atoms with van der Waals surface area (Å²) in [4.78, 5) is 2.06. The van der Waals surface area contributed by atoms with E-state index >= 15 is 0 Å². The zero-order valence-electron chi connectivity index (χ0n) is 9.43. The second-order valence-electron chi connectivity index (χ2n) is 3.86. The van der Waals surface area contributed by atoms with Crippen molar-refractivity contribution in [3.8, 4) is 17.6 Å². The van der Waals surface area contributed by atoms with Crippen LogP contribution < -0.4 is 14.4 Å². The fourth-order valence-corrected chi connectivity index (χ4v) is 1.63. The Labute approximate surface area is 95.0 Å². The van der Waals surface area contributed by atoms with Gasteiger partial charge in [0.2, 0.25) is 6.79 Å². The van der Waals surface area contributed by atoms with Crippen molar-refractivity contribution in [2.75, 3.05) is 18.7 Å². The van der Waals surface area contributed by atoms with Crippen LogP contribution in [0.15, 0.2) is 18.2 Å². The quantitative estimate of drug-likeness (QED) is 0.779. The molecule has 1 aromatic rings. The molecule has 1 heterocycles. The van der Waals surface area contributed by atoms with Crippen LogP contribution in [0.5, 0.6) is 11.5 Å². The SMILES string of the molecule is CC(CC#N)N(C)c1ccc2c(c1)OCO2. The molecule has 1 aliphatic heterocycles. The molecule has 2 rings (SSSR count). The molecule has 0 amide bonds. The largest absolute Gasteiger partial charge is 0.454 e. The summed E-state index contributed by atoms with van der Waals surface area (Å²) in [6.07, 6.45) is 0.505. The first-order valence-corrected chi connectivity index (χ1v) is 5.22. The monoisotopic (exact) mass is 218 g/mol. The van der Waals surface area contributed by atoms with E-state index in [0.29, 0.717) is 6.42 Å². The Balaban J connectivity index is 2.18. The molecule has 4 heteroatoms. The van der Waals surface area contributed by atoms with Gasteiger partial charge in [-0.15, -0.1) is 0 Å². The molecular formula is C12H14N2O2. The van der Waals surface area contributed by atoms with Gasteiger partial charge in [-0.2, -0.15) is 5.26 Å². The number of benzene rings is 1. The van der Waals surface area contributed by atoms with Crippen LogP contribution in [0.2, 0.25) is 0 Å². The number of nitrogens with zero attached hydrogens (tertiary/aromatic N) is 2. The van der Waals surface area contributed by atoms with E-state index in [0.717, 1.165) is 17.2 Å². The average molecular weight is 218 g/mol. The van der Waals surface area contributed by atoms with Gasteiger partial charge in [0.1, 0.15) is 0 Å². The van der Waals surface area contributed by atoms with E-state index in [1.54, 1.807) is 0 Å². The van der Waals surface area contributed by atoms with Gasteiger partial charge in [-0.25, -0.2) is 0 Å². The molecule has 1 aliphatic rings. The Bertz CT molecular complexity index is 426. The molecule has 4 nitrogen and oxygen atoms in total. The van der Waals surface area contributed by atoms with Crippen LogP contribution in [0, 0.1) is 11.3 Å². The fraction of sp³-hybridized carbons (Fsp3) is 0.417. The second-order valence-corrected chi connectivity index (χ2v) is 3.86. The molecule has 0 N–H and O–H groups in total. The summed E-state index contributed by atoms with van der Waals surface area (Å²) in [5, 5.41) is 8.67. The van der Waals surface area contributed by atoms with Crippen LogP contribution in [0.1, 0.15) is 13.3 Å². The normalized spacial score (nSPS) is 14.3. The van der Waals surface area contributed by atoms with Gasteiger partial charge in [-0.1, -0.05) is 0 Å². The van der Waals surface area contributed by atoms with Gasteiger partial charge in [0.25, 0.3) is 0 Å². The molecule has 0 spiro atoms. The third kappa shape index (κ3) is 1.89. The van der Waals surface area contributed by atoms with E-state index < -0.39 is 0 Å². The molecule has 1 unspecified atom stereocenters. The van der Waals surface area contributed by atoms with Gasteiger partial charge >= 0.3 is 0 Å². The van der Waals surface area contributed by atoms with E-state index in [1.165, 1.54) is 0 Å². The number of ether oxygens (including phenoxy) is 2. The highest BCUT2D eigenvalue weighted by atomic mass is 16.7. The van der Waals surface area contributed by atoms with Crippen molar-refractivity contribution in [2.24, 2.45) is 0 Å². The van der Waals surface area contributed by atoms with Crippen LogP contribution in [0.25, 0.3) is 0 Å². The maximum Gasteiger partial charge on any atom is 0.231 e. The first kappa shape index (κ1) is 10.6. The molecule has 1 aromatic carbocycles. The highest BCUT2D eigenvalue weighted by molar-refractivity contribution is 5.57. The first-order valence-electron chi connectivity index (χ1n) is 5.22. The number of fused-ring (bicyclic) bond motifs is 1. The van der Waals surface area contributed by atoms with Gasteiger partial charge in [0, 0.05) is 24.8 Å². The van der Waals surface area contributed by atoms with Crippen molar-refractivity contribution in [2.45, 2.75) is 19.4 Å². The Morgan fingerprint density at radius 3 is 2.94 bits per heavy atom. The lowest BCUT2D eigenvalue weighted by molar-refractivity contribution is 0.174. The predicted molar refractivity (Wildman–Crippen MR) is 60.7 cm³/mol. The number of rotatable bonds is 3. The smallest absolute Gasteiger partial charge is 0.231 e. The van der Waals surface area contributed by atoms with Crippen LogP contribution in [-0.4, -0.2) is 19.9 Å². The molecule has 1 atom stereocenters. The van der Waals surface area contributed by atoms with E-state index in [2.05, 4.69) is 11.0 Å². The predicted octanol–water partition coefficient (Wildman–Crippen LogP) is 2.15. The Morgan fingerprint density at radius 2 is 2.19 bits per heavy atom.